The van der Waals surface area contributed by atoms with Gasteiger partial charge in [-0.05, 0) is 12.1 Å². The van der Waals surface area contributed by atoms with Crippen LogP contribution in [0, 0.1) is 5.13 Å². The van der Waals surface area contributed by atoms with Gasteiger partial charge in [-0.25, -0.2) is 18.4 Å². The molecule has 0 bridgehead atoms. The van der Waals surface area contributed by atoms with Crippen LogP contribution in [0.5, 0.6) is 0 Å². The fourth-order valence-corrected chi connectivity index (χ4v) is 5.16. The van der Waals surface area contributed by atoms with Gasteiger partial charge in [0.05, 0.1) is 17.7 Å². The molecule has 176 valence electrons. The third kappa shape index (κ3) is 6.39. The smallest absolute Gasteiger partial charge is 0.280 e. The first-order valence-corrected chi connectivity index (χ1v) is 12.7. The van der Waals surface area contributed by atoms with E-state index in [1.807, 2.05) is 0 Å². The summed E-state index contributed by atoms with van der Waals surface area (Å²) in [6.07, 6.45) is 2.58. The Kier molecular flexibility index (Phi) is 8.57. The van der Waals surface area contributed by atoms with E-state index < -0.39 is 21.1 Å². The van der Waals surface area contributed by atoms with E-state index in [0.717, 1.165) is 10.5 Å². The fourth-order valence-electron chi connectivity index (χ4n) is 2.66. The van der Waals surface area contributed by atoms with Crippen LogP contribution in [0.15, 0.2) is 52.1 Å². The summed E-state index contributed by atoms with van der Waals surface area (Å²) in [6, 6.07) is 5.48. The van der Waals surface area contributed by atoms with Gasteiger partial charge in [0.2, 0.25) is 10.0 Å². The van der Waals surface area contributed by atoms with Gasteiger partial charge in [0.25, 0.3) is 5.91 Å². The maximum absolute atomic E-state index is 13.2. The largest absolute Gasteiger partial charge is 0.395 e. The Bertz CT molecular complexity index is 1200. The van der Waals surface area contributed by atoms with Gasteiger partial charge in [-0.1, -0.05) is 35.5 Å². The normalized spacial score (nSPS) is 12.2. The Labute approximate surface area is 197 Å². The van der Waals surface area contributed by atoms with E-state index >= 15 is 0 Å². The van der Waals surface area contributed by atoms with Gasteiger partial charge in [0, 0.05) is 30.2 Å². The lowest BCUT2D eigenvalue weighted by molar-refractivity contribution is -0.110. The molecular weight excluding hydrogens is 493 g/mol. The summed E-state index contributed by atoms with van der Waals surface area (Å²) in [4.78, 5) is 25.9. The average Bonchev–Trinajstić information content (AvgIpc) is 3.46. The highest BCUT2D eigenvalue weighted by Gasteiger charge is 2.24. The molecule has 0 aliphatic rings. The second-order valence-corrected chi connectivity index (χ2v) is 10.2. The second-order valence-electron chi connectivity index (χ2n) is 6.31. The zero-order valence-corrected chi connectivity index (χ0v) is 19.8. The third-order valence-electron chi connectivity index (χ3n) is 4.21. The lowest BCUT2D eigenvalue weighted by Gasteiger charge is -2.19. The number of carbonyl (C=O) groups excluding carboxylic acids is 1. The minimum atomic E-state index is -3.82. The number of aliphatic hydroxyl groups excluding tert-OH is 1. The van der Waals surface area contributed by atoms with Gasteiger partial charge < -0.3 is 9.94 Å². The lowest BCUT2D eigenvalue weighted by Crippen LogP contribution is -2.33. The summed E-state index contributed by atoms with van der Waals surface area (Å²) in [5, 5.41) is 17.3. The highest BCUT2D eigenvalue weighted by Crippen LogP contribution is 2.19. The van der Waals surface area contributed by atoms with Crippen molar-refractivity contribution in [3.63, 3.8) is 0 Å². The number of halogens is 1. The van der Waals surface area contributed by atoms with Crippen LogP contribution in [0.25, 0.3) is 0 Å². The Morgan fingerprint density at radius 2 is 2.06 bits per heavy atom. The first-order valence-electron chi connectivity index (χ1n) is 9.57. The first-order chi connectivity index (χ1) is 15.8. The van der Waals surface area contributed by atoms with Gasteiger partial charge in [-0.15, -0.1) is 11.3 Å². The molecule has 3 rings (SSSR count). The monoisotopic (exact) mass is 513 g/mol. The number of rotatable bonds is 11. The van der Waals surface area contributed by atoms with Crippen LogP contribution in [0.3, 0.4) is 0 Å². The van der Waals surface area contributed by atoms with Gasteiger partial charge in [-0.3, -0.25) is 10.1 Å². The van der Waals surface area contributed by atoms with E-state index in [-0.39, 0.29) is 47.6 Å². The van der Waals surface area contributed by atoms with Gasteiger partial charge in [0.1, 0.15) is 5.01 Å². The SMILES string of the molecule is CCN(CCO)S(=O)(=O)c1ccc(C(=NOCc2nccs2)C(=O)Nc2ncc(F)s2)cc1. The topological polar surface area (TPSA) is 134 Å². The molecule has 2 heterocycles. The summed E-state index contributed by atoms with van der Waals surface area (Å²) in [5.74, 6) is -0.713. The molecule has 0 radical (unpaired) electrons. The standard InChI is InChI=1S/C19H20FN5O5S3/c1-2-25(8-9-26)33(28,29)14-5-3-13(4-6-14)17(24-30-12-16-21-7-10-31-16)18(27)23-19-22-11-15(20)32-19/h3-7,10-11,26H,2,8-9,12H2,1H3,(H,22,23,27). The molecule has 1 aromatic carbocycles. The molecule has 0 unspecified atom stereocenters. The van der Waals surface area contributed by atoms with E-state index in [1.165, 1.54) is 35.6 Å². The van der Waals surface area contributed by atoms with Crippen LogP contribution >= 0.6 is 22.7 Å². The maximum Gasteiger partial charge on any atom is 0.280 e. The van der Waals surface area contributed by atoms with Crippen molar-refractivity contribution in [2.45, 2.75) is 18.4 Å². The average molecular weight is 514 g/mol. The number of nitrogens with one attached hydrogen (secondary N) is 1. The summed E-state index contributed by atoms with van der Waals surface area (Å²) >= 11 is 2.00. The van der Waals surface area contributed by atoms with Crippen molar-refractivity contribution < 1.29 is 27.5 Å². The zero-order valence-electron chi connectivity index (χ0n) is 17.3. The van der Waals surface area contributed by atoms with Crippen molar-refractivity contribution in [2.24, 2.45) is 5.16 Å². The van der Waals surface area contributed by atoms with Crippen molar-refractivity contribution in [1.29, 1.82) is 0 Å². The van der Waals surface area contributed by atoms with E-state index in [2.05, 4.69) is 20.4 Å². The predicted octanol–water partition coefficient (Wildman–Crippen LogP) is 2.30. The summed E-state index contributed by atoms with van der Waals surface area (Å²) in [7, 11) is -3.82. The van der Waals surface area contributed by atoms with Gasteiger partial charge in [-0.2, -0.15) is 8.70 Å². The molecule has 10 nitrogen and oxygen atoms in total. The van der Waals surface area contributed by atoms with Crippen LogP contribution < -0.4 is 5.32 Å². The number of hydrogen-bond donors (Lipinski definition) is 2. The highest BCUT2D eigenvalue weighted by molar-refractivity contribution is 7.89. The highest BCUT2D eigenvalue weighted by atomic mass is 32.2. The summed E-state index contributed by atoms with van der Waals surface area (Å²) < 4.78 is 39.9. The Morgan fingerprint density at radius 1 is 1.30 bits per heavy atom. The number of carbonyl (C=O) groups is 1. The molecule has 0 spiro atoms. The van der Waals surface area contributed by atoms with E-state index in [0.29, 0.717) is 16.3 Å². The van der Waals surface area contributed by atoms with Crippen LogP contribution in [-0.2, 0) is 26.3 Å². The van der Waals surface area contributed by atoms with Crippen molar-refractivity contribution in [1.82, 2.24) is 14.3 Å². The number of amides is 1. The van der Waals surface area contributed by atoms with Crippen LogP contribution in [-0.4, -0.2) is 59.1 Å². The van der Waals surface area contributed by atoms with E-state index in [4.69, 9.17) is 9.94 Å². The molecule has 0 fully saturated rings. The number of oxime groups is 1. The van der Waals surface area contributed by atoms with Crippen molar-refractivity contribution in [3.05, 3.63) is 57.7 Å². The number of likely N-dealkylation sites (N-methyl/N-ethyl adjacent to an activating group) is 1. The first kappa shape index (κ1) is 24.9. The van der Waals surface area contributed by atoms with E-state index in [9.17, 15) is 17.6 Å². The van der Waals surface area contributed by atoms with Crippen LogP contribution in [0.1, 0.15) is 17.5 Å². The molecule has 0 saturated heterocycles. The summed E-state index contributed by atoms with van der Waals surface area (Å²) in [5.41, 5.74) is 0.113. The molecular formula is C19H20FN5O5S3. The van der Waals surface area contributed by atoms with Crippen LogP contribution in [0.4, 0.5) is 9.52 Å². The number of aromatic nitrogens is 2. The molecule has 14 heteroatoms. The molecule has 0 saturated carbocycles. The Hall–Kier alpha value is -2.78. The van der Waals surface area contributed by atoms with Gasteiger partial charge in [0.15, 0.2) is 22.6 Å². The number of anilines is 1. The number of aliphatic hydroxyl groups is 1. The Morgan fingerprint density at radius 3 is 2.64 bits per heavy atom. The number of benzene rings is 1. The zero-order chi connectivity index (χ0) is 23.8. The lowest BCUT2D eigenvalue weighted by atomic mass is 10.1. The van der Waals surface area contributed by atoms with Gasteiger partial charge >= 0.3 is 0 Å². The second kappa shape index (κ2) is 11.4. The molecule has 0 atom stereocenters. The van der Waals surface area contributed by atoms with Crippen molar-refractivity contribution >= 4 is 49.4 Å². The number of thiazole rings is 2. The number of nitrogens with zero attached hydrogens (tertiary/aromatic N) is 4. The maximum atomic E-state index is 13.2. The third-order valence-corrected chi connectivity index (χ3v) is 7.65. The van der Waals surface area contributed by atoms with Crippen molar-refractivity contribution in [3.8, 4) is 0 Å². The molecule has 3 aromatic rings. The number of hydrogen-bond acceptors (Lipinski definition) is 10. The summed E-state index contributed by atoms with van der Waals surface area (Å²) in [6.45, 7) is 1.53. The molecule has 1 amide bonds. The molecule has 0 aliphatic heterocycles. The van der Waals surface area contributed by atoms with Crippen LogP contribution in [0.2, 0.25) is 0 Å². The fraction of sp³-hybridized carbons (Fsp3) is 0.263. The molecule has 33 heavy (non-hydrogen) atoms. The molecule has 2 aromatic heterocycles. The molecule has 2 N–H and O–H groups in total. The minimum absolute atomic E-state index is 0.00740. The minimum Gasteiger partial charge on any atom is -0.395 e. The Balaban J connectivity index is 1.86. The molecule has 0 aliphatic carbocycles. The number of sulfonamides is 1. The van der Waals surface area contributed by atoms with Crippen molar-refractivity contribution in [2.75, 3.05) is 25.0 Å². The van der Waals surface area contributed by atoms with E-state index in [1.54, 1.807) is 18.5 Å². The quantitative estimate of drug-likeness (QED) is 0.297. The predicted molar refractivity (Wildman–Crippen MR) is 122 cm³/mol.